The van der Waals surface area contributed by atoms with Gasteiger partial charge in [-0.05, 0) is 30.7 Å². The van der Waals surface area contributed by atoms with Crippen LogP contribution in [0.4, 0.5) is 0 Å². The molecule has 8 heteroatoms. The second-order valence-corrected chi connectivity index (χ2v) is 6.62. The molecule has 2 aliphatic heterocycles. The molecular formula is C19H27N3O5. The van der Waals surface area contributed by atoms with Gasteiger partial charge in [0.1, 0.15) is 0 Å². The van der Waals surface area contributed by atoms with E-state index in [-0.39, 0.29) is 31.4 Å². The van der Waals surface area contributed by atoms with Crippen molar-refractivity contribution in [1.29, 1.82) is 0 Å². The Morgan fingerprint density at radius 2 is 1.74 bits per heavy atom. The lowest BCUT2D eigenvalue weighted by molar-refractivity contribution is -0.126. The molecule has 8 nitrogen and oxygen atoms in total. The monoisotopic (exact) mass is 377 g/mol. The van der Waals surface area contributed by atoms with Gasteiger partial charge in [-0.1, -0.05) is 6.07 Å². The quantitative estimate of drug-likeness (QED) is 0.615. The third kappa shape index (κ3) is 6.41. The van der Waals surface area contributed by atoms with E-state index in [1.165, 1.54) is 0 Å². The van der Waals surface area contributed by atoms with Crippen molar-refractivity contribution in [3.8, 4) is 11.5 Å². The first kappa shape index (κ1) is 19.4. The number of hydrogen-bond acceptors (Lipinski definition) is 6. The normalized spacial score (nSPS) is 16.1. The highest BCUT2D eigenvalue weighted by Crippen LogP contribution is 2.32. The lowest BCUT2D eigenvalue weighted by Gasteiger charge is -2.26. The summed E-state index contributed by atoms with van der Waals surface area (Å²) in [4.78, 5) is 26.1. The molecule has 0 aliphatic carbocycles. The van der Waals surface area contributed by atoms with Gasteiger partial charge in [-0.3, -0.25) is 14.5 Å². The van der Waals surface area contributed by atoms with Gasteiger partial charge in [0.2, 0.25) is 18.6 Å². The number of benzene rings is 1. The maximum atomic E-state index is 11.9. The second kappa shape index (κ2) is 10.1. The van der Waals surface area contributed by atoms with Crippen LogP contribution in [0.15, 0.2) is 18.2 Å². The van der Waals surface area contributed by atoms with E-state index in [4.69, 9.17) is 14.2 Å². The maximum Gasteiger partial charge on any atom is 0.231 e. The Morgan fingerprint density at radius 1 is 1.00 bits per heavy atom. The van der Waals surface area contributed by atoms with Gasteiger partial charge < -0.3 is 24.8 Å². The minimum atomic E-state index is -0.142. The minimum absolute atomic E-state index is 0.0878. The molecule has 1 aromatic rings. The number of nitrogens with zero attached hydrogens (tertiary/aromatic N) is 1. The first-order valence-corrected chi connectivity index (χ1v) is 9.43. The molecular weight excluding hydrogens is 350 g/mol. The standard InChI is InChI=1S/C19H27N3O5/c23-18(20-6-1-7-22-8-10-25-11-9-22)4-5-19(24)21-13-15-2-3-16-17(12-15)27-14-26-16/h2-3,12H,1,4-11,13-14H2,(H,20,23)(H,21,24). The average molecular weight is 377 g/mol. The molecule has 2 aliphatic rings. The van der Waals surface area contributed by atoms with Crippen molar-refractivity contribution in [3.63, 3.8) is 0 Å². The van der Waals surface area contributed by atoms with Crippen molar-refractivity contribution in [2.24, 2.45) is 0 Å². The number of amides is 2. The van der Waals surface area contributed by atoms with Gasteiger partial charge in [-0.2, -0.15) is 0 Å². The number of nitrogens with one attached hydrogen (secondary N) is 2. The topological polar surface area (TPSA) is 89.1 Å². The minimum Gasteiger partial charge on any atom is -0.454 e. The summed E-state index contributed by atoms with van der Waals surface area (Å²) in [5, 5.41) is 5.69. The summed E-state index contributed by atoms with van der Waals surface area (Å²) in [6.45, 7) is 5.70. The molecule has 0 unspecified atom stereocenters. The van der Waals surface area contributed by atoms with Crippen molar-refractivity contribution < 1.29 is 23.8 Å². The third-order valence-electron chi connectivity index (χ3n) is 4.58. The molecule has 2 amide bonds. The van der Waals surface area contributed by atoms with Crippen molar-refractivity contribution in [3.05, 3.63) is 23.8 Å². The van der Waals surface area contributed by atoms with Crippen molar-refractivity contribution in [2.45, 2.75) is 25.8 Å². The summed E-state index contributed by atoms with van der Waals surface area (Å²) in [6.07, 6.45) is 1.28. The Labute approximate surface area is 159 Å². The highest BCUT2D eigenvalue weighted by molar-refractivity contribution is 5.83. The number of morpholine rings is 1. The highest BCUT2D eigenvalue weighted by Gasteiger charge is 2.14. The zero-order valence-corrected chi connectivity index (χ0v) is 15.5. The van der Waals surface area contributed by atoms with Crippen LogP contribution < -0.4 is 20.1 Å². The number of fused-ring (bicyclic) bond motifs is 1. The fourth-order valence-electron chi connectivity index (χ4n) is 3.01. The van der Waals surface area contributed by atoms with Crippen LogP contribution in [0.25, 0.3) is 0 Å². The van der Waals surface area contributed by atoms with Gasteiger partial charge in [-0.25, -0.2) is 0 Å². The summed E-state index contributed by atoms with van der Waals surface area (Å²) < 4.78 is 15.9. The molecule has 3 rings (SSSR count). The summed E-state index contributed by atoms with van der Waals surface area (Å²) >= 11 is 0. The Hall–Kier alpha value is -2.32. The third-order valence-corrected chi connectivity index (χ3v) is 4.58. The van der Waals surface area contributed by atoms with Crippen LogP contribution in [0.2, 0.25) is 0 Å². The Morgan fingerprint density at radius 3 is 2.56 bits per heavy atom. The molecule has 2 heterocycles. The van der Waals surface area contributed by atoms with E-state index >= 15 is 0 Å². The van der Waals surface area contributed by atoms with Crippen LogP contribution in [0.3, 0.4) is 0 Å². The predicted molar refractivity (Wildman–Crippen MR) is 98.5 cm³/mol. The molecule has 0 aromatic heterocycles. The number of carbonyl (C=O) groups excluding carboxylic acids is 2. The van der Waals surface area contributed by atoms with Crippen molar-refractivity contribution >= 4 is 11.8 Å². The van der Waals surface area contributed by atoms with E-state index < -0.39 is 0 Å². The molecule has 2 N–H and O–H groups in total. The smallest absolute Gasteiger partial charge is 0.231 e. The van der Waals surface area contributed by atoms with Gasteiger partial charge in [0.05, 0.1) is 13.2 Å². The van der Waals surface area contributed by atoms with Crippen molar-refractivity contribution in [1.82, 2.24) is 15.5 Å². The van der Waals surface area contributed by atoms with Crippen molar-refractivity contribution in [2.75, 3.05) is 46.2 Å². The van der Waals surface area contributed by atoms with Gasteiger partial charge in [0, 0.05) is 39.0 Å². The number of rotatable bonds is 9. The zero-order valence-electron chi connectivity index (χ0n) is 15.5. The van der Waals surface area contributed by atoms with Gasteiger partial charge in [0.25, 0.3) is 0 Å². The summed E-state index contributed by atoms with van der Waals surface area (Å²) in [7, 11) is 0. The Bertz CT molecular complexity index is 646. The van der Waals surface area contributed by atoms with Crippen LogP contribution in [0, 0.1) is 0 Å². The molecule has 27 heavy (non-hydrogen) atoms. The lowest BCUT2D eigenvalue weighted by atomic mass is 10.2. The molecule has 1 aromatic carbocycles. The van der Waals surface area contributed by atoms with Crippen LogP contribution >= 0.6 is 0 Å². The fraction of sp³-hybridized carbons (Fsp3) is 0.579. The first-order chi connectivity index (χ1) is 13.2. The molecule has 148 valence electrons. The largest absolute Gasteiger partial charge is 0.454 e. The lowest BCUT2D eigenvalue weighted by Crippen LogP contribution is -2.38. The molecule has 0 saturated carbocycles. The Kier molecular flexibility index (Phi) is 7.29. The zero-order chi connectivity index (χ0) is 18.9. The van der Waals surface area contributed by atoms with E-state index in [2.05, 4.69) is 15.5 Å². The average Bonchev–Trinajstić information content (AvgIpc) is 3.17. The Balaban J connectivity index is 1.24. The molecule has 1 fully saturated rings. The second-order valence-electron chi connectivity index (χ2n) is 6.62. The maximum absolute atomic E-state index is 11.9. The van der Waals surface area contributed by atoms with E-state index in [1.807, 2.05) is 18.2 Å². The number of ether oxygens (including phenoxy) is 3. The summed E-state index contributed by atoms with van der Waals surface area (Å²) in [5.74, 6) is 1.18. The van der Waals surface area contributed by atoms with E-state index in [0.29, 0.717) is 18.8 Å². The van der Waals surface area contributed by atoms with Crippen LogP contribution in [0.1, 0.15) is 24.8 Å². The molecule has 0 atom stereocenters. The van der Waals surface area contributed by atoms with Crippen LogP contribution in [-0.4, -0.2) is 62.9 Å². The number of hydrogen-bond donors (Lipinski definition) is 2. The van der Waals surface area contributed by atoms with E-state index in [0.717, 1.165) is 50.6 Å². The van der Waals surface area contributed by atoms with Crippen LogP contribution in [-0.2, 0) is 20.9 Å². The molecule has 1 saturated heterocycles. The van der Waals surface area contributed by atoms with E-state index in [1.54, 1.807) is 0 Å². The molecule has 0 radical (unpaired) electrons. The fourth-order valence-corrected chi connectivity index (χ4v) is 3.01. The van der Waals surface area contributed by atoms with Gasteiger partial charge in [-0.15, -0.1) is 0 Å². The van der Waals surface area contributed by atoms with Gasteiger partial charge in [0.15, 0.2) is 11.5 Å². The molecule has 0 bridgehead atoms. The predicted octanol–water partition coefficient (Wildman–Crippen LogP) is 0.650. The van der Waals surface area contributed by atoms with Crippen LogP contribution in [0.5, 0.6) is 11.5 Å². The summed E-state index contributed by atoms with van der Waals surface area (Å²) in [6, 6.07) is 5.56. The highest BCUT2D eigenvalue weighted by atomic mass is 16.7. The molecule has 0 spiro atoms. The van der Waals surface area contributed by atoms with E-state index in [9.17, 15) is 9.59 Å². The van der Waals surface area contributed by atoms with Gasteiger partial charge >= 0.3 is 0 Å². The number of carbonyl (C=O) groups is 2. The summed E-state index contributed by atoms with van der Waals surface area (Å²) in [5.41, 5.74) is 0.931. The SMILES string of the molecule is O=C(CCC(=O)NCc1ccc2c(c1)OCO2)NCCCN1CCOCC1. The first-order valence-electron chi connectivity index (χ1n) is 9.43.